The lowest BCUT2D eigenvalue weighted by Crippen LogP contribution is -2.32. The van der Waals surface area contributed by atoms with Gasteiger partial charge in [0.2, 0.25) is 0 Å². The van der Waals surface area contributed by atoms with Crippen LogP contribution in [0.25, 0.3) is 56.4 Å². The molecule has 9 aromatic rings. The molecule has 58 heavy (non-hydrogen) atoms. The van der Waals surface area contributed by atoms with Gasteiger partial charge >= 0.3 is 0 Å². The number of para-hydroxylation sites is 3. The smallest absolute Gasteiger partial charge is 0.165 e. The Hall–Kier alpha value is -7.28. The number of rotatable bonds is 4. The summed E-state index contributed by atoms with van der Waals surface area (Å²) in [5.74, 6) is 5.16. The van der Waals surface area contributed by atoms with Crippen LogP contribution in [0.5, 0.6) is 23.0 Å². The minimum absolute atomic E-state index is 0.581. The molecule has 0 atom stereocenters. The van der Waals surface area contributed by atoms with Crippen LogP contribution in [0, 0.1) is 0 Å². The van der Waals surface area contributed by atoms with Crippen LogP contribution < -0.4 is 9.47 Å². The Bertz CT molecular complexity index is 3010. The summed E-state index contributed by atoms with van der Waals surface area (Å²) < 4.78 is 13.6. The third kappa shape index (κ3) is 4.82. The first-order valence-corrected chi connectivity index (χ1v) is 20.2. The van der Waals surface area contributed by atoms with Crippen LogP contribution in [0.1, 0.15) is 22.3 Å². The Morgan fingerprint density at radius 2 is 0.879 bits per heavy atom. The van der Waals surface area contributed by atoms with E-state index >= 15 is 0 Å². The van der Waals surface area contributed by atoms with Crippen molar-refractivity contribution in [1.29, 1.82) is 0 Å². The molecule has 0 N–H and O–H groups in total. The van der Waals surface area contributed by atoms with Gasteiger partial charge < -0.3 is 9.47 Å². The molecular formula is C52H31N3O2S. The third-order valence-corrected chi connectivity index (χ3v) is 12.7. The van der Waals surface area contributed by atoms with Gasteiger partial charge in [-0.3, -0.25) is 0 Å². The van der Waals surface area contributed by atoms with Crippen molar-refractivity contribution in [2.24, 2.45) is 0 Å². The second-order valence-electron chi connectivity index (χ2n) is 14.6. The van der Waals surface area contributed by atoms with E-state index in [2.05, 4.69) is 115 Å². The number of fused-ring (bicyclic) bond motifs is 11. The molecular weight excluding hydrogens is 731 g/mol. The van der Waals surface area contributed by atoms with Gasteiger partial charge in [0.1, 0.15) is 23.0 Å². The van der Waals surface area contributed by atoms with Gasteiger partial charge in [0.15, 0.2) is 17.5 Å². The maximum Gasteiger partial charge on any atom is 0.165 e. The van der Waals surface area contributed by atoms with Gasteiger partial charge in [-0.25, -0.2) is 15.0 Å². The first-order valence-electron chi connectivity index (χ1n) is 19.4. The predicted molar refractivity (Wildman–Crippen MR) is 230 cm³/mol. The van der Waals surface area contributed by atoms with Gasteiger partial charge in [-0.15, -0.1) is 0 Å². The molecule has 0 fully saturated rings. The zero-order valence-corrected chi connectivity index (χ0v) is 31.8. The summed E-state index contributed by atoms with van der Waals surface area (Å²) in [6, 6.07) is 65.3. The largest absolute Gasteiger partial charge is 0.457 e. The molecule has 8 aromatic carbocycles. The topological polar surface area (TPSA) is 57.1 Å². The lowest BCUT2D eigenvalue weighted by molar-refractivity contribution is 0.436. The molecule has 0 saturated carbocycles. The van der Waals surface area contributed by atoms with E-state index in [0.29, 0.717) is 17.5 Å². The minimum Gasteiger partial charge on any atom is -0.457 e. The molecule has 0 amide bonds. The second kappa shape index (κ2) is 12.9. The molecule has 6 heteroatoms. The number of nitrogens with zero attached hydrogens (tertiary/aromatic N) is 3. The van der Waals surface area contributed by atoms with Crippen LogP contribution >= 0.6 is 11.8 Å². The normalized spacial score (nSPS) is 13.5. The molecule has 0 saturated heterocycles. The van der Waals surface area contributed by atoms with E-state index in [-0.39, 0.29) is 0 Å². The van der Waals surface area contributed by atoms with Crippen LogP contribution in [0.2, 0.25) is 0 Å². The van der Waals surface area contributed by atoms with Crippen LogP contribution in [0.3, 0.4) is 0 Å². The summed E-state index contributed by atoms with van der Waals surface area (Å²) >= 11 is 1.70. The Kier molecular flexibility index (Phi) is 7.31. The maximum atomic E-state index is 7.04. The lowest BCUT2D eigenvalue weighted by atomic mass is 9.66. The summed E-state index contributed by atoms with van der Waals surface area (Å²) in [6.07, 6.45) is 0. The average molecular weight is 762 g/mol. The standard InChI is InChI=1S/C52H31N3O2S/c1-3-16-32(17-4-1)49-53-50(33-18-5-2-6-19-33)55-51(54-49)37-31-30-35(47-48(37)58-45-29-14-13-28-44(45)57-47)34-21-15-25-41-46(34)36-20-7-8-22-38(36)52(41)39-23-9-11-26-42(39)56-43-27-12-10-24-40(43)52/h1-31H. The van der Waals surface area contributed by atoms with Crippen LogP contribution in [0.4, 0.5) is 0 Å². The highest BCUT2D eigenvalue weighted by molar-refractivity contribution is 7.99. The molecule has 3 aliphatic rings. The highest BCUT2D eigenvalue weighted by Gasteiger charge is 2.51. The summed E-state index contributed by atoms with van der Waals surface area (Å²) in [5, 5.41) is 0. The molecule has 1 aromatic heterocycles. The fourth-order valence-electron chi connectivity index (χ4n) is 9.05. The molecule has 1 aliphatic carbocycles. The van der Waals surface area contributed by atoms with Crippen LogP contribution in [-0.4, -0.2) is 15.0 Å². The zero-order chi connectivity index (χ0) is 38.2. The molecule has 272 valence electrons. The molecule has 1 spiro atoms. The van der Waals surface area contributed by atoms with Gasteiger partial charge in [-0.1, -0.05) is 163 Å². The highest BCUT2D eigenvalue weighted by Crippen LogP contribution is 2.64. The lowest BCUT2D eigenvalue weighted by Gasteiger charge is -2.39. The van der Waals surface area contributed by atoms with E-state index < -0.39 is 5.41 Å². The SMILES string of the molecule is c1ccc(-c2nc(-c3ccccc3)nc(-c3ccc(-c4cccc5c4-c4ccccc4C54c5ccccc5Oc5ccccc54)c4c3Sc3ccccc3O4)n2)cc1. The number of ether oxygens (including phenoxy) is 2. The van der Waals surface area contributed by atoms with Crippen molar-refractivity contribution in [3.8, 4) is 79.4 Å². The molecule has 0 bridgehead atoms. The maximum absolute atomic E-state index is 7.04. The van der Waals surface area contributed by atoms with Crippen LogP contribution in [-0.2, 0) is 5.41 Å². The Morgan fingerprint density at radius 3 is 1.57 bits per heavy atom. The van der Waals surface area contributed by atoms with Gasteiger partial charge in [-0.05, 0) is 64.2 Å². The van der Waals surface area contributed by atoms with Gasteiger partial charge in [0, 0.05) is 33.4 Å². The predicted octanol–water partition coefficient (Wildman–Crippen LogP) is 13.3. The number of aromatic nitrogens is 3. The number of benzene rings is 8. The fraction of sp³-hybridized carbons (Fsp3) is 0.0192. The zero-order valence-electron chi connectivity index (χ0n) is 31.0. The molecule has 0 radical (unpaired) electrons. The quantitative estimate of drug-likeness (QED) is 0.178. The van der Waals surface area contributed by atoms with Gasteiger partial charge in [0.05, 0.1) is 15.2 Å². The first-order chi connectivity index (χ1) is 28.8. The van der Waals surface area contributed by atoms with E-state index in [4.69, 9.17) is 24.4 Å². The number of hydrogen-bond acceptors (Lipinski definition) is 6. The summed E-state index contributed by atoms with van der Waals surface area (Å²) in [7, 11) is 0. The monoisotopic (exact) mass is 761 g/mol. The van der Waals surface area contributed by atoms with Crippen molar-refractivity contribution in [2.75, 3.05) is 0 Å². The van der Waals surface area contributed by atoms with E-state index in [1.54, 1.807) is 11.8 Å². The van der Waals surface area contributed by atoms with Crippen LogP contribution in [0.15, 0.2) is 198 Å². The molecule has 5 nitrogen and oxygen atoms in total. The minimum atomic E-state index is -0.581. The molecule has 3 heterocycles. The molecule has 0 unspecified atom stereocenters. The number of hydrogen-bond donors (Lipinski definition) is 0. The van der Waals surface area contributed by atoms with Crippen molar-refractivity contribution >= 4 is 11.8 Å². The van der Waals surface area contributed by atoms with Gasteiger partial charge in [-0.2, -0.15) is 0 Å². The van der Waals surface area contributed by atoms with Crippen molar-refractivity contribution in [2.45, 2.75) is 15.2 Å². The van der Waals surface area contributed by atoms with E-state index in [9.17, 15) is 0 Å². The summed E-state index contributed by atoms with van der Waals surface area (Å²) in [5.41, 5.74) is 11.3. The second-order valence-corrected chi connectivity index (χ2v) is 15.7. The Labute approximate surface area is 339 Å². The molecule has 12 rings (SSSR count). The van der Waals surface area contributed by atoms with Crippen molar-refractivity contribution < 1.29 is 9.47 Å². The van der Waals surface area contributed by atoms with Gasteiger partial charge in [0.25, 0.3) is 0 Å². The third-order valence-electron chi connectivity index (χ3n) is 11.5. The molecule has 2 aliphatic heterocycles. The van der Waals surface area contributed by atoms with E-state index in [1.165, 1.54) is 22.3 Å². The summed E-state index contributed by atoms with van der Waals surface area (Å²) in [6.45, 7) is 0. The van der Waals surface area contributed by atoms with Crippen molar-refractivity contribution in [3.05, 3.63) is 210 Å². The van der Waals surface area contributed by atoms with Crippen molar-refractivity contribution in [3.63, 3.8) is 0 Å². The highest BCUT2D eigenvalue weighted by atomic mass is 32.2. The average Bonchev–Trinajstić information content (AvgIpc) is 3.59. The summed E-state index contributed by atoms with van der Waals surface area (Å²) in [4.78, 5) is 17.3. The van der Waals surface area contributed by atoms with E-state index in [1.807, 2.05) is 72.8 Å². The Balaban J connectivity index is 1.12. The fourth-order valence-corrected chi connectivity index (χ4v) is 10.1. The first kappa shape index (κ1) is 32.9. The van der Waals surface area contributed by atoms with Crippen molar-refractivity contribution in [1.82, 2.24) is 15.0 Å². The van der Waals surface area contributed by atoms with E-state index in [0.717, 1.165) is 71.7 Å². The Morgan fingerprint density at radius 1 is 0.362 bits per heavy atom.